The lowest BCUT2D eigenvalue weighted by molar-refractivity contribution is -0.117. The van der Waals surface area contributed by atoms with Gasteiger partial charge in [-0.1, -0.05) is 31.0 Å². The summed E-state index contributed by atoms with van der Waals surface area (Å²) in [6.07, 6.45) is 7.08. The van der Waals surface area contributed by atoms with Crippen molar-refractivity contribution in [2.24, 2.45) is 5.92 Å². The fourth-order valence-corrected chi connectivity index (χ4v) is 3.14. The fourth-order valence-electron chi connectivity index (χ4n) is 2.82. The molecule has 0 radical (unpaired) electrons. The zero-order valence-electron chi connectivity index (χ0n) is 16.2. The third-order valence-corrected chi connectivity index (χ3v) is 4.98. The van der Waals surface area contributed by atoms with Crippen molar-refractivity contribution in [3.05, 3.63) is 46.8 Å². The SMILES string of the molecule is CCCCn1nc(C)c(/C=C/C(=O)Nc2cccc(NC(=O)C3CC3)c2)c1Cl. The molecule has 0 spiro atoms. The lowest BCUT2D eigenvalue weighted by Gasteiger charge is -2.07. The van der Waals surface area contributed by atoms with E-state index in [-0.39, 0.29) is 17.7 Å². The van der Waals surface area contributed by atoms with Gasteiger partial charge in [0.05, 0.1) is 5.69 Å². The summed E-state index contributed by atoms with van der Waals surface area (Å²) < 4.78 is 1.77. The highest BCUT2D eigenvalue weighted by Gasteiger charge is 2.29. The number of nitrogens with one attached hydrogen (secondary N) is 2. The van der Waals surface area contributed by atoms with E-state index < -0.39 is 0 Å². The molecule has 3 rings (SSSR count). The average molecular weight is 401 g/mol. The number of hydrogen-bond acceptors (Lipinski definition) is 3. The van der Waals surface area contributed by atoms with Crippen LogP contribution in [0.25, 0.3) is 6.08 Å². The summed E-state index contributed by atoms with van der Waals surface area (Å²) in [5.41, 5.74) is 2.83. The standard InChI is InChI=1S/C21H25ClN4O2/c1-3-4-12-26-20(22)18(14(2)25-26)10-11-19(27)23-16-6-5-7-17(13-16)24-21(28)15-8-9-15/h5-7,10-11,13,15H,3-4,8-9,12H2,1-2H3,(H,23,27)(H,24,28)/b11-10+. The number of aryl methyl sites for hydroxylation is 2. The molecule has 148 valence electrons. The smallest absolute Gasteiger partial charge is 0.248 e. The predicted octanol–water partition coefficient (Wildman–Crippen LogP) is 4.65. The Balaban J connectivity index is 1.62. The van der Waals surface area contributed by atoms with Gasteiger partial charge in [-0.3, -0.25) is 14.3 Å². The molecule has 2 N–H and O–H groups in total. The molecule has 0 saturated heterocycles. The molecule has 28 heavy (non-hydrogen) atoms. The number of anilines is 2. The monoisotopic (exact) mass is 400 g/mol. The van der Waals surface area contributed by atoms with Gasteiger partial charge in [0, 0.05) is 35.5 Å². The van der Waals surface area contributed by atoms with E-state index in [1.165, 1.54) is 6.08 Å². The Hall–Kier alpha value is -2.60. The van der Waals surface area contributed by atoms with Crippen molar-refractivity contribution >= 4 is 40.9 Å². The van der Waals surface area contributed by atoms with Gasteiger partial charge < -0.3 is 10.6 Å². The van der Waals surface area contributed by atoms with Crippen LogP contribution in [0.4, 0.5) is 11.4 Å². The van der Waals surface area contributed by atoms with E-state index in [0.29, 0.717) is 16.5 Å². The predicted molar refractivity (Wildman–Crippen MR) is 112 cm³/mol. The van der Waals surface area contributed by atoms with Crippen LogP contribution in [0.15, 0.2) is 30.3 Å². The van der Waals surface area contributed by atoms with Gasteiger partial charge in [0.25, 0.3) is 0 Å². The van der Waals surface area contributed by atoms with Crippen LogP contribution >= 0.6 is 11.6 Å². The molecular weight excluding hydrogens is 376 g/mol. The van der Waals surface area contributed by atoms with Gasteiger partial charge >= 0.3 is 0 Å². The molecule has 0 unspecified atom stereocenters. The summed E-state index contributed by atoms with van der Waals surface area (Å²) in [5, 5.41) is 10.6. The normalized spacial score (nSPS) is 13.7. The van der Waals surface area contributed by atoms with Crippen molar-refractivity contribution in [2.45, 2.75) is 46.1 Å². The minimum absolute atomic E-state index is 0.0357. The first-order valence-electron chi connectivity index (χ1n) is 9.61. The van der Waals surface area contributed by atoms with Gasteiger partial charge in [-0.25, -0.2) is 0 Å². The van der Waals surface area contributed by atoms with Gasteiger partial charge in [0.1, 0.15) is 5.15 Å². The van der Waals surface area contributed by atoms with Crippen molar-refractivity contribution in [3.8, 4) is 0 Å². The fraction of sp³-hybridized carbons (Fsp3) is 0.381. The highest BCUT2D eigenvalue weighted by molar-refractivity contribution is 6.31. The van der Waals surface area contributed by atoms with E-state index >= 15 is 0 Å². The summed E-state index contributed by atoms with van der Waals surface area (Å²) in [7, 11) is 0. The molecule has 2 aromatic rings. The van der Waals surface area contributed by atoms with Gasteiger partial charge in [-0.05, 0) is 50.5 Å². The maximum absolute atomic E-state index is 12.3. The second-order valence-electron chi connectivity index (χ2n) is 7.03. The Morgan fingerprint density at radius 1 is 1.29 bits per heavy atom. The van der Waals surface area contributed by atoms with Gasteiger partial charge in [0.2, 0.25) is 11.8 Å². The number of carbonyl (C=O) groups excluding carboxylic acids is 2. The number of unbranched alkanes of at least 4 members (excludes halogenated alkanes) is 1. The minimum atomic E-state index is -0.276. The van der Waals surface area contributed by atoms with Gasteiger partial charge in [-0.2, -0.15) is 5.10 Å². The van der Waals surface area contributed by atoms with E-state index in [9.17, 15) is 9.59 Å². The van der Waals surface area contributed by atoms with Crippen LogP contribution in [0, 0.1) is 12.8 Å². The molecule has 0 bridgehead atoms. The molecule has 7 heteroatoms. The van der Waals surface area contributed by atoms with Crippen LogP contribution in [-0.4, -0.2) is 21.6 Å². The Kier molecular flexibility index (Phi) is 6.52. The number of carbonyl (C=O) groups is 2. The molecule has 6 nitrogen and oxygen atoms in total. The highest BCUT2D eigenvalue weighted by Crippen LogP contribution is 2.30. The zero-order chi connectivity index (χ0) is 20.1. The Labute approximate surface area is 170 Å². The molecular formula is C21H25ClN4O2. The van der Waals surface area contributed by atoms with Crippen LogP contribution in [0.2, 0.25) is 5.15 Å². The third kappa shape index (κ3) is 5.23. The largest absolute Gasteiger partial charge is 0.326 e. The summed E-state index contributed by atoms with van der Waals surface area (Å²) in [6.45, 7) is 4.75. The molecule has 1 heterocycles. The first-order chi connectivity index (χ1) is 13.5. The van der Waals surface area contributed by atoms with Crippen LogP contribution in [-0.2, 0) is 16.1 Å². The van der Waals surface area contributed by atoms with E-state index in [4.69, 9.17) is 11.6 Å². The molecule has 1 aliphatic rings. The quantitative estimate of drug-likeness (QED) is 0.633. The van der Waals surface area contributed by atoms with Crippen molar-refractivity contribution in [1.82, 2.24) is 9.78 Å². The molecule has 1 aromatic heterocycles. The molecule has 1 fully saturated rings. The minimum Gasteiger partial charge on any atom is -0.326 e. The average Bonchev–Trinajstić information content (AvgIpc) is 3.47. The third-order valence-electron chi connectivity index (χ3n) is 4.58. The van der Waals surface area contributed by atoms with Crippen LogP contribution in [0.5, 0.6) is 0 Å². The van der Waals surface area contributed by atoms with E-state index in [1.807, 2.05) is 6.92 Å². The van der Waals surface area contributed by atoms with E-state index in [2.05, 4.69) is 22.7 Å². The van der Waals surface area contributed by atoms with E-state index in [0.717, 1.165) is 43.5 Å². The second kappa shape index (κ2) is 9.06. The lowest BCUT2D eigenvalue weighted by atomic mass is 10.2. The topological polar surface area (TPSA) is 76.0 Å². The lowest BCUT2D eigenvalue weighted by Crippen LogP contribution is -2.14. The summed E-state index contributed by atoms with van der Waals surface area (Å²) in [6, 6.07) is 7.12. The van der Waals surface area contributed by atoms with Gasteiger partial charge in [-0.15, -0.1) is 0 Å². The van der Waals surface area contributed by atoms with E-state index in [1.54, 1.807) is 35.0 Å². The maximum atomic E-state index is 12.3. The number of halogens is 1. The summed E-state index contributed by atoms with van der Waals surface area (Å²) in [4.78, 5) is 24.2. The second-order valence-corrected chi connectivity index (χ2v) is 7.39. The number of amides is 2. The number of benzene rings is 1. The highest BCUT2D eigenvalue weighted by atomic mass is 35.5. The molecule has 0 atom stereocenters. The number of nitrogens with zero attached hydrogens (tertiary/aromatic N) is 2. The molecule has 2 amide bonds. The first kappa shape index (κ1) is 20.1. The molecule has 0 aliphatic heterocycles. The zero-order valence-corrected chi connectivity index (χ0v) is 16.9. The number of aromatic nitrogens is 2. The van der Waals surface area contributed by atoms with Crippen molar-refractivity contribution in [2.75, 3.05) is 10.6 Å². The summed E-state index contributed by atoms with van der Waals surface area (Å²) >= 11 is 6.39. The van der Waals surface area contributed by atoms with Crippen LogP contribution < -0.4 is 10.6 Å². The Bertz CT molecular complexity index is 900. The van der Waals surface area contributed by atoms with Gasteiger partial charge in [0.15, 0.2) is 0 Å². The number of rotatable bonds is 8. The Morgan fingerprint density at radius 2 is 2.00 bits per heavy atom. The molecule has 1 saturated carbocycles. The summed E-state index contributed by atoms with van der Waals surface area (Å²) in [5.74, 6) is -0.108. The van der Waals surface area contributed by atoms with Crippen LogP contribution in [0.3, 0.4) is 0 Å². The molecule has 1 aromatic carbocycles. The van der Waals surface area contributed by atoms with Crippen molar-refractivity contribution in [1.29, 1.82) is 0 Å². The van der Waals surface area contributed by atoms with Crippen LogP contribution in [0.1, 0.15) is 43.9 Å². The maximum Gasteiger partial charge on any atom is 0.248 e. The number of hydrogen-bond donors (Lipinski definition) is 2. The van der Waals surface area contributed by atoms with Crippen molar-refractivity contribution in [3.63, 3.8) is 0 Å². The van der Waals surface area contributed by atoms with Crippen molar-refractivity contribution < 1.29 is 9.59 Å². The molecule has 1 aliphatic carbocycles. The first-order valence-corrected chi connectivity index (χ1v) is 9.98. The Morgan fingerprint density at radius 3 is 2.68 bits per heavy atom.